The summed E-state index contributed by atoms with van der Waals surface area (Å²) in [7, 11) is 0. The standard InChI is InChI=1S/C13H16O/c1-12(2)9-13(7-8-13)10-5-3-4-6-11(10)14-12/h3-6H,7-9H2,1-2H3. The predicted molar refractivity (Wildman–Crippen MR) is 56.7 cm³/mol. The fraction of sp³-hybridized carbons (Fsp3) is 0.538. The Balaban J connectivity index is 2.13. The molecule has 1 aliphatic heterocycles. The molecule has 1 heteroatoms. The van der Waals surface area contributed by atoms with E-state index in [9.17, 15) is 0 Å². The molecule has 0 aromatic heterocycles. The van der Waals surface area contributed by atoms with E-state index in [2.05, 4.69) is 38.1 Å². The van der Waals surface area contributed by atoms with Crippen molar-refractivity contribution >= 4 is 0 Å². The number of rotatable bonds is 0. The maximum atomic E-state index is 5.99. The highest BCUT2D eigenvalue weighted by molar-refractivity contribution is 5.45. The Hall–Kier alpha value is -0.980. The van der Waals surface area contributed by atoms with Crippen molar-refractivity contribution in [3.8, 4) is 5.75 Å². The minimum absolute atomic E-state index is 0.0187. The third kappa shape index (κ3) is 1.08. The molecular weight excluding hydrogens is 172 g/mol. The summed E-state index contributed by atoms with van der Waals surface area (Å²) in [6.07, 6.45) is 3.87. The van der Waals surface area contributed by atoms with Crippen LogP contribution in [0.1, 0.15) is 38.7 Å². The number of ether oxygens (including phenoxy) is 1. The molecule has 3 rings (SSSR count). The second-order valence-corrected chi connectivity index (χ2v) is 5.32. The van der Waals surface area contributed by atoms with Crippen LogP contribution in [-0.4, -0.2) is 5.60 Å². The van der Waals surface area contributed by atoms with Gasteiger partial charge in [-0.2, -0.15) is 0 Å². The largest absolute Gasteiger partial charge is 0.488 e. The van der Waals surface area contributed by atoms with Gasteiger partial charge < -0.3 is 4.74 Å². The average Bonchev–Trinajstić information content (AvgIpc) is 2.83. The lowest BCUT2D eigenvalue weighted by Crippen LogP contribution is -2.37. The zero-order valence-electron chi connectivity index (χ0n) is 8.84. The van der Waals surface area contributed by atoms with Crippen LogP contribution in [0.4, 0.5) is 0 Å². The monoisotopic (exact) mass is 188 g/mol. The molecule has 1 nitrogen and oxygen atoms in total. The van der Waals surface area contributed by atoms with Gasteiger partial charge in [-0.15, -0.1) is 0 Å². The molecule has 1 spiro atoms. The Morgan fingerprint density at radius 2 is 1.86 bits per heavy atom. The fourth-order valence-corrected chi connectivity index (χ4v) is 2.83. The highest BCUT2D eigenvalue weighted by Crippen LogP contribution is 2.59. The van der Waals surface area contributed by atoms with Gasteiger partial charge in [0.05, 0.1) is 0 Å². The molecule has 74 valence electrons. The molecule has 14 heavy (non-hydrogen) atoms. The molecule has 0 amide bonds. The van der Waals surface area contributed by atoms with Crippen molar-refractivity contribution < 1.29 is 4.74 Å². The van der Waals surface area contributed by atoms with Gasteiger partial charge in [-0.1, -0.05) is 18.2 Å². The van der Waals surface area contributed by atoms with Gasteiger partial charge in [-0.25, -0.2) is 0 Å². The van der Waals surface area contributed by atoms with E-state index in [0.717, 1.165) is 5.75 Å². The quantitative estimate of drug-likeness (QED) is 0.607. The second-order valence-electron chi connectivity index (χ2n) is 5.32. The van der Waals surface area contributed by atoms with Gasteiger partial charge in [0, 0.05) is 11.0 Å². The number of para-hydroxylation sites is 1. The zero-order valence-corrected chi connectivity index (χ0v) is 8.84. The van der Waals surface area contributed by atoms with Crippen molar-refractivity contribution in [3.63, 3.8) is 0 Å². The van der Waals surface area contributed by atoms with Crippen LogP contribution < -0.4 is 4.74 Å². The van der Waals surface area contributed by atoms with Gasteiger partial charge >= 0.3 is 0 Å². The van der Waals surface area contributed by atoms with Gasteiger partial charge in [-0.05, 0) is 39.2 Å². The Bertz CT molecular complexity index is 375. The minimum Gasteiger partial charge on any atom is -0.488 e. The first-order valence-corrected chi connectivity index (χ1v) is 5.40. The van der Waals surface area contributed by atoms with Crippen LogP contribution in [0.15, 0.2) is 24.3 Å². The molecule has 1 saturated carbocycles. The van der Waals surface area contributed by atoms with Crippen LogP contribution in [0.2, 0.25) is 0 Å². The van der Waals surface area contributed by atoms with E-state index in [1.54, 1.807) is 0 Å². The minimum atomic E-state index is 0.0187. The Morgan fingerprint density at radius 3 is 2.57 bits per heavy atom. The maximum absolute atomic E-state index is 5.99. The number of hydrogen-bond acceptors (Lipinski definition) is 1. The lowest BCUT2D eigenvalue weighted by atomic mass is 9.82. The van der Waals surface area contributed by atoms with Gasteiger partial charge in [0.2, 0.25) is 0 Å². The fourth-order valence-electron chi connectivity index (χ4n) is 2.83. The van der Waals surface area contributed by atoms with Crippen molar-refractivity contribution in [3.05, 3.63) is 29.8 Å². The molecule has 1 fully saturated rings. The summed E-state index contributed by atoms with van der Waals surface area (Å²) in [5.41, 5.74) is 1.93. The van der Waals surface area contributed by atoms with Crippen molar-refractivity contribution in [2.75, 3.05) is 0 Å². The first kappa shape index (κ1) is 8.34. The molecule has 1 heterocycles. The summed E-state index contributed by atoms with van der Waals surface area (Å²) in [5.74, 6) is 1.11. The number of benzene rings is 1. The maximum Gasteiger partial charge on any atom is 0.123 e. The molecule has 0 radical (unpaired) electrons. The molecule has 1 aliphatic carbocycles. The normalized spacial score (nSPS) is 25.3. The lowest BCUT2D eigenvalue weighted by molar-refractivity contribution is 0.0670. The van der Waals surface area contributed by atoms with Gasteiger partial charge in [0.15, 0.2) is 0 Å². The molecular formula is C13H16O. The van der Waals surface area contributed by atoms with E-state index in [1.165, 1.54) is 24.8 Å². The molecule has 0 bridgehead atoms. The SMILES string of the molecule is CC1(C)CC2(CC2)c2ccccc2O1. The Labute approximate surface area is 85.1 Å². The first-order valence-electron chi connectivity index (χ1n) is 5.40. The van der Waals surface area contributed by atoms with E-state index in [4.69, 9.17) is 4.74 Å². The summed E-state index contributed by atoms with van der Waals surface area (Å²) in [6.45, 7) is 4.39. The Kier molecular flexibility index (Phi) is 1.39. The predicted octanol–water partition coefficient (Wildman–Crippen LogP) is 3.28. The van der Waals surface area contributed by atoms with Crippen LogP contribution in [-0.2, 0) is 5.41 Å². The van der Waals surface area contributed by atoms with E-state index < -0.39 is 0 Å². The molecule has 0 saturated heterocycles. The van der Waals surface area contributed by atoms with Crippen LogP contribution >= 0.6 is 0 Å². The molecule has 1 aromatic rings. The molecule has 2 aliphatic rings. The van der Waals surface area contributed by atoms with Gasteiger partial charge in [-0.3, -0.25) is 0 Å². The molecule has 0 atom stereocenters. The summed E-state index contributed by atoms with van der Waals surface area (Å²) in [4.78, 5) is 0. The van der Waals surface area contributed by atoms with E-state index in [-0.39, 0.29) is 5.60 Å². The Morgan fingerprint density at radius 1 is 1.14 bits per heavy atom. The summed E-state index contributed by atoms with van der Waals surface area (Å²) in [6, 6.07) is 8.53. The van der Waals surface area contributed by atoms with Crippen molar-refractivity contribution in [2.45, 2.75) is 44.1 Å². The van der Waals surface area contributed by atoms with Crippen LogP contribution in [0.3, 0.4) is 0 Å². The first-order chi connectivity index (χ1) is 6.61. The average molecular weight is 188 g/mol. The molecule has 0 N–H and O–H groups in total. The van der Waals surface area contributed by atoms with E-state index in [1.807, 2.05) is 0 Å². The van der Waals surface area contributed by atoms with Crippen LogP contribution in [0, 0.1) is 0 Å². The smallest absolute Gasteiger partial charge is 0.123 e. The van der Waals surface area contributed by atoms with Crippen molar-refractivity contribution in [2.24, 2.45) is 0 Å². The summed E-state index contributed by atoms with van der Waals surface area (Å²) >= 11 is 0. The zero-order chi connectivity index (χ0) is 9.81. The van der Waals surface area contributed by atoms with E-state index in [0.29, 0.717) is 5.41 Å². The molecule has 1 aromatic carbocycles. The topological polar surface area (TPSA) is 9.23 Å². The summed E-state index contributed by atoms with van der Waals surface area (Å²) < 4.78 is 5.99. The van der Waals surface area contributed by atoms with E-state index >= 15 is 0 Å². The number of hydrogen-bond donors (Lipinski definition) is 0. The van der Waals surface area contributed by atoms with Gasteiger partial charge in [0.1, 0.15) is 11.4 Å². The third-order valence-corrected chi connectivity index (χ3v) is 3.46. The van der Waals surface area contributed by atoms with Crippen molar-refractivity contribution in [1.82, 2.24) is 0 Å². The van der Waals surface area contributed by atoms with Crippen LogP contribution in [0.25, 0.3) is 0 Å². The van der Waals surface area contributed by atoms with Gasteiger partial charge in [0.25, 0.3) is 0 Å². The highest BCUT2D eigenvalue weighted by Gasteiger charge is 2.52. The number of fused-ring (bicyclic) bond motifs is 2. The second kappa shape index (κ2) is 2.33. The third-order valence-electron chi connectivity index (χ3n) is 3.46. The van der Waals surface area contributed by atoms with Crippen LogP contribution in [0.5, 0.6) is 5.75 Å². The molecule has 0 unspecified atom stereocenters. The highest BCUT2D eigenvalue weighted by atomic mass is 16.5. The lowest BCUT2D eigenvalue weighted by Gasteiger charge is -2.38. The summed E-state index contributed by atoms with van der Waals surface area (Å²) in [5, 5.41) is 0. The van der Waals surface area contributed by atoms with Crippen molar-refractivity contribution in [1.29, 1.82) is 0 Å².